The van der Waals surface area contributed by atoms with Crippen molar-refractivity contribution in [3.8, 4) is 0 Å². The summed E-state index contributed by atoms with van der Waals surface area (Å²) in [6.07, 6.45) is 6.11. The molecule has 2 heteroatoms. The molecular formula is C16H22N2. The largest absolute Gasteiger partial charge is 0.350 e. The van der Waals surface area contributed by atoms with E-state index in [2.05, 4.69) is 55.3 Å². The second-order valence-electron chi connectivity index (χ2n) is 5.63. The first kappa shape index (κ1) is 11.8. The number of benzene rings is 1. The monoisotopic (exact) mass is 242 g/mol. The molecule has 18 heavy (non-hydrogen) atoms. The van der Waals surface area contributed by atoms with Crippen LogP contribution in [0.25, 0.3) is 10.9 Å². The molecule has 0 radical (unpaired) electrons. The molecule has 1 fully saturated rings. The lowest BCUT2D eigenvalue weighted by Crippen LogP contribution is -2.23. The van der Waals surface area contributed by atoms with Crippen LogP contribution in [0.15, 0.2) is 24.4 Å². The van der Waals surface area contributed by atoms with E-state index in [0.717, 1.165) is 13.0 Å². The zero-order valence-corrected chi connectivity index (χ0v) is 11.6. The van der Waals surface area contributed by atoms with Crippen molar-refractivity contribution in [3.05, 3.63) is 35.5 Å². The standard InChI is InChI=1S/C16H22N2/c1-4-12-6-5-7-13-14(10-18(3)15(12)13)16(8-9-16)11-17-2/h5-7,10,17H,4,8-9,11H2,1-3H3. The Balaban J connectivity index is 2.20. The quantitative estimate of drug-likeness (QED) is 0.872. The molecule has 1 aliphatic carbocycles. The number of fused-ring (bicyclic) bond motifs is 1. The van der Waals surface area contributed by atoms with Gasteiger partial charge >= 0.3 is 0 Å². The molecular weight excluding hydrogens is 220 g/mol. The number of likely N-dealkylation sites (N-methyl/N-ethyl adjacent to an activating group) is 1. The van der Waals surface area contributed by atoms with Crippen LogP contribution in [0.4, 0.5) is 0 Å². The van der Waals surface area contributed by atoms with E-state index in [1.54, 1.807) is 5.56 Å². The Morgan fingerprint density at radius 1 is 1.33 bits per heavy atom. The number of aryl methyl sites for hydroxylation is 2. The number of aromatic nitrogens is 1. The van der Waals surface area contributed by atoms with E-state index in [1.807, 2.05) is 0 Å². The molecule has 1 aromatic carbocycles. The van der Waals surface area contributed by atoms with Crippen LogP contribution in [0, 0.1) is 0 Å². The van der Waals surface area contributed by atoms with E-state index in [-0.39, 0.29) is 0 Å². The second kappa shape index (κ2) is 4.13. The van der Waals surface area contributed by atoms with Gasteiger partial charge in [-0.1, -0.05) is 25.1 Å². The van der Waals surface area contributed by atoms with Gasteiger partial charge in [-0.3, -0.25) is 0 Å². The average Bonchev–Trinajstić information content (AvgIpc) is 3.08. The van der Waals surface area contributed by atoms with Crippen molar-refractivity contribution in [2.24, 2.45) is 7.05 Å². The van der Waals surface area contributed by atoms with Crippen LogP contribution in [0.5, 0.6) is 0 Å². The smallest absolute Gasteiger partial charge is 0.0513 e. The molecule has 0 spiro atoms. The fourth-order valence-electron chi connectivity index (χ4n) is 3.29. The second-order valence-corrected chi connectivity index (χ2v) is 5.63. The van der Waals surface area contributed by atoms with Crippen LogP contribution in [0.3, 0.4) is 0 Å². The minimum Gasteiger partial charge on any atom is -0.350 e. The topological polar surface area (TPSA) is 17.0 Å². The fraction of sp³-hybridized carbons (Fsp3) is 0.500. The first-order chi connectivity index (χ1) is 8.72. The maximum atomic E-state index is 3.36. The summed E-state index contributed by atoms with van der Waals surface area (Å²) in [5, 5.41) is 4.82. The fourth-order valence-corrected chi connectivity index (χ4v) is 3.29. The van der Waals surface area contributed by atoms with Crippen LogP contribution in [-0.4, -0.2) is 18.2 Å². The molecule has 1 saturated carbocycles. The lowest BCUT2D eigenvalue weighted by Gasteiger charge is -2.13. The van der Waals surface area contributed by atoms with Gasteiger partial charge in [0.15, 0.2) is 0 Å². The van der Waals surface area contributed by atoms with Crippen molar-refractivity contribution in [1.82, 2.24) is 9.88 Å². The van der Waals surface area contributed by atoms with Crippen molar-refractivity contribution in [2.75, 3.05) is 13.6 Å². The molecule has 1 N–H and O–H groups in total. The zero-order chi connectivity index (χ0) is 12.8. The Hall–Kier alpha value is -1.28. The molecule has 0 saturated heterocycles. The van der Waals surface area contributed by atoms with Gasteiger partial charge in [0, 0.05) is 30.6 Å². The van der Waals surface area contributed by atoms with Crippen molar-refractivity contribution in [2.45, 2.75) is 31.6 Å². The molecule has 2 aromatic rings. The van der Waals surface area contributed by atoms with Crippen molar-refractivity contribution in [3.63, 3.8) is 0 Å². The summed E-state index contributed by atoms with van der Waals surface area (Å²) >= 11 is 0. The highest BCUT2D eigenvalue weighted by molar-refractivity contribution is 5.88. The van der Waals surface area contributed by atoms with E-state index in [1.165, 1.54) is 29.3 Å². The summed E-state index contributed by atoms with van der Waals surface area (Å²) in [6, 6.07) is 6.75. The van der Waals surface area contributed by atoms with Gasteiger partial charge in [-0.25, -0.2) is 0 Å². The summed E-state index contributed by atoms with van der Waals surface area (Å²) in [5.41, 5.74) is 4.84. The Bertz CT molecular complexity index is 576. The van der Waals surface area contributed by atoms with E-state index in [4.69, 9.17) is 0 Å². The minimum absolute atomic E-state index is 0.403. The first-order valence-electron chi connectivity index (χ1n) is 6.94. The zero-order valence-electron chi connectivity index (χ0n) is 11.6. The predicted molar refractivity (Wildman–Crippen MR) is 77.1 cm³/mol. The summed E-state index contributed by atoms with van der Waals surface area (Å²) < 4.78 is 2.32. The van der Waals surface area contributed by atoms with Gasteiger partial charge in [0.25, 0.3) is 0 Å². The highest BCUT2D eigenvalue weighted by Crippen LogP contribution is 2.50. The number of nitrogens with one attached hydrogen (secondary N) is 1. The Morgan fingerprint density at radius 2 is 2.11 bits per heavy atom. The number of hydrogen-bond acceptors (Lipinski definition) is 1. The van der Waals surface area contributed by atoms with Gasteiger partial charge < -0.3 is 9.88 Å². The van der Waals surface area contributed by atoms with Gasteiger partial charge in [0.2, 0.25) is 0 Å². The molecule has 2 nitrogen and oxygen atoms in total. The normalized spacial score (nSPS) is 17.3. The molecule has 0 aliphatic heterocycles. The molecule has 3 rings (SSSR count). The minimum atomic E-state index is 0.403. The lowest BCUT2D eigenvalue weighted by atomic mass is 9.94. The average molecular weight is 242 g/mol. The molecule has 0 amide bonds. The van der Waals surface area contributed by atoms with Crippen LogP contribution in [0.2, 0.25) is 0 Å². The molecule has 0 atom stereocenters. The molecule has 1 aromatic heterocycles. The Labute approximate surface area is 109 Å². The van der Waals surface area contributed by atoms with Crippen LogP contribution >= 0.6 is 0 Å². The molecule has 0 unspecified atom stereocenters. The van der Waals surface area contributed by atoms with E-state index < -0.39 is 0 Å². The molecule has 96 valence electrons. The predicted octanol–water partition coefficient (Wildman–Crippen LogP) is 2.99. The van der Waals surface area contributed by atoms with Gasteiger partial charge in [0.1, 0.15) is 0 Å². The highest BCUT2D eigenvalue weighted by atomic mass is 14.9. The Kier molecular flexibility index (Phi) is 2.70. The Morgan fingerprint density at radius 3 is 2.72 bits per heavy atom. The molecule has 1 aliphatic rings. The lowest BCUT2D eigenvalue weighted by molar-refractivity contribution is 0.626. The van der Waals surface area contributed by atoms with Crippen molar-refractivity contribution < 1.29 is 0 Å². The summed E-state index contributed by atoms with van der Waals surface area (Å²) in [5.74, 6) is 0. The third-order valence-corrected chi connectivity index (χ3v) is 4.41. The maximum Gasteiger partial charge on any atom is 0.0513 e. The van der Waals surface area contributed by atoms with E-state index >= 15 is 0 Å². The van der Waals surface area contributed by atoms with Crippen LogP contribution in [-0.2, 0) is 18.9 Å². The first-order valence-corrected chi connectivity index (χ1v) is 6.94. The van der Waals surface area contributed by atoms with Crippen LogP contribution < -0.4 is 5.32 Å². The SMILES string of the molecule is CCc1cccc2c(C3(CNC)CC3)cn(C)c12. The number of hydrogen-bond donors (Lipinski definition) is 1. The summed E-state index contributed by atoms with van der Waals surface area (Å²) in [6.45, 7) is 3.34. The highest BCUT2D eigenvalue weighted by Gasteiger charge is 2.45. The third-order valence-electron chi connectivity index (χ3n) is 4.41. The van der Waals surface area contributed by atoms with Crippen LogP contribution in [0.1, 0.15) is 30.9 Å². The van der Waals surface area contributed by atoms with E-state index in [9.17, 15) is 0 Å². The van der Waals surface area contributed by atoms with Crippen molar-refractivity contribution >= 4 is 10.9 Å². The van der Waals surface area contributed by atoms with Gasteiger partial charge in [-0.15, -0.1) is 0 Å². The van der Waals surface area contributed by atoms with Gasteiger partial charge in [-0.05, 0) is 37.4 Å². The number of rotatable bonds is 4. The molecule has 1 heterocycles. The van der Waals surface area contributed by atoms with Gasteiger partial charge in [0.05, 0.1) is 5.52 Å². The third kappa shape index (κ3) is 1.59. The number of nitrogens with zero attached hydrogens (tertiary/aromatic N) is 1. The molecule has 0 bridgehead atoms. The number of para-hydroxylation sites is 1. The van der Waals surface area contributed by atoms with Gasteiger partial charge in [-0.2, -0.15) is 0 Å². The van der Waals surface area contributed by atoms with E-state index in [0.29, 0.717) is 5.41 Å². The van der Waals surface area contributed by atoms with Crippen molar-refractivity contribution in [1.29, 1.82) is 0 Å². The summed E-state index contributed by atoms with van der Waals surface area (Å²) in [4.78, 5) is 0. The maximum absolute atomic E-state index is 3.36. The summed E-state index contributed by atoms with van der Waals surface area (Å²) in [7, 11) is 4.24.